The average Bonchev–Trinajstić information content (AvgIpc) is 2.60. The third-order valence-corrected chi connectivity index (χ3v) is 5.67. The SMILES string of the molecule is CC(C)(C)OC(=O)NC1=N[C@@]2(c3cc(N)ccc3OC(F)(F)F)COCC[C@H]2CS1. The number of halogens is 3. The molecule has 3 N–H and O–H groups in total. The molecule has 0 radical (unpaired) electrons. The summed E-state index contributed by atoms with van der Waals surface area (Å²) in [6.45, 7) is 5.68. The molecule has 1 saturated heterocycles. The van der Waals surface area contributed by atoms with Crippen molar-refractivity contribution in [2.45, 2.75) is 44.7 Å². The molecule has 1 aromatic rings. The number of carbonyl (C=O) groups excluding carboxylic acids is 1. The zero-order valence-electron chi connectivity index (χ0n) is 16.8. The van der Waals surface area contributed by atoms with Gasteiger partial charge in [-0.1, -0.05) is 11.8 Å². The van der Waals surface area contributed by atoms with Gasteiger partial charge in [-0.2, -0.15) is 0 Å². The van der Waals surface area contributed by atoms with Crippen LogP contribution in [0, 0.1) is 5.92 Å². The number of alkyl halides is 3. The first-order valence-corrected chi connectivity index (χ1v) is 10.3. The molecular formula is C19H24F3N3O4S. The molecule has 1 amide bonds. The van der Waals surface area contributed by atoms with Crippen LogP contribution in [0.25, 0.3) is 0 Å². The molecular weight excluding hydrogens is 423 g/mol. The van der Waals surface area contributed by atoms with Crippen molar-refractivity contribution < 1.29 is 32.2 Å². The molecule has 7 nitrogen and oxygen atoms in total. The van der Waals surface area contributed by atoms with Crippen LogP contribution in [-0.2, 0) is 15.0 Å². The van der Waals surface area contributed by atoms with Gasteiger partial charge >= 0.3 is 12.5 Å². The molecule has 2 aliphatic heterocycles. The first kappa shape index (κ1) is 22.5. The molecule has 0 saturated carbocycles. The van der Waals surface area contributed by atoms with E-state index in [4.69, 9.17) is 15.2 Å². The summed E-state index contributed by atoms with van der Waals surface area (Å²) in [6.07, 6.45) is -4.98. The topological polar surface area (TPSA) is 95.2 Å². The first-order valence-electron chi connectivity index (χ1n) is 9.34. The van der Waals surface area contributed by atoms with Gasteiger partial charge in [0.05, 0.1) is 6.61 Å². The van der Waals surface area contributed by atoms with E-state index >= 15 is 0 Å². The number of fused-ring (bicyclic) bond motifs is 1. The lowest BCUT2D eigenvalue weighted by Crippen LogP contribution is -2.49. The van der Waals surface area contributed by atoms with Gasteiger partial charge in [0, 0.05) is 29.5 Å². The van der Waals surface area contributed by atoms with E-state index in [0.29, 0.717) is 18.8 Å². The monoisotopic (exact) mass is 447 g/mol. The predicted octanol–water partition coefficient (Wildman–Crippen LogP) is 4.03. The highest BCUT2D eigenvalue weighted by Gasteiger charge is 2.49. The Kier molecular flexibility index (Phi) is 6.15. The highest BCUT2D eigenvalue weighted by atomic mass is 32.2. The lowest BCUT2D eigenvalue weighted by molar-refractivity contribution is -0.275. The smallest absolute Gasteiger partial charge is 0.444 e. The number of anilines is 1. The molecule has 1 fully saturated rings. The Morgan fingerprint density at radius 2 is 2.10 bits per heavy atom. The van der Waals surface area contributed by atoms with Gasteiger partial charge in [0.1, 0.15) is 16.9 Å². The molecule has 166 valence electrons. The van der Waals surface area contributed by atoms with E-state index in [9.17, 15) is 18.0 Å². The van der Waals surface area contributed by atoms with Gasteiger partial charge < -0.3 is 19.9 Å². The maximum absolute atomic E-state index is 13.0. The number of benzene rings is 1. The van der Waals surface area contributed by atoms with E-state index in [1.807, 2.05) is 0 Å². The van der Waals surface area contributed by atoms with Crippen LogP contribution in [0.1, 0.15) is 32.8 Å². The Hall–Kier alpha value is -2.14. The number of ether oxygens (including phenoxy) is 3. The normalized spacial score (nSPS) is 24.5. The van der Waals surface area contributed by atoms with E-state index in [-0.39, 0.29) is 34.7 Å². The minimum absolute atomic E-state index is 0.0371. The number of carbonyl (C=O) groups is 1. The average molecular weight is 447 g/mol. The summed E-state index contributed by atoms with van der Waals surface area (Å²) in [5, 5.41) is 2.83. The lowest BCUT2D eigenvalue weighted by Gasteiger charge is -2.44. The van der Waals surface area contributed by atoms with Crippen LogP contribution < -0.4 is 15.8 Å². The minimum Gasteiger partial charge on any atom is -0.444 e. The molecule has 30 heavy (non-hydrogen) atoms. The minimum atomic E-state index is -4.88. The van der Waals surface area contributed by atoms with Gasteiger partial charge in [0.15, 0.2) is 5.17 Å². The van der Waals surface area contributed by atoms with Crippen molar-refractivity contribution in [3.8, 4) is 5.75 Å². The quantitative estimate of drug-likeness (QED) is 0.665. The molecule has 0 spiro atoms. The van der Waals surface area contributed by atoms with Crippen molar-refractivity contribution >= 4 is 28.7 Å². The predicted molar refractivity (Wildman–Crippen MR) is 107 cm³/mol. The number of alkyl carbamates (subject to hydrolysis) is 1. The Labute approximate surface area is 176 Å². The van der Waals surface area contributed by atoms with E-state index < -0.39 is 23.6 Å². The second kappa shape index (κ2) is 8.18. The van der Waals surface area contributed by atoms with Crippen molar-refractivity contribution in [1.29, 1.82) is 0 Å². The fourth-order valence-electron chi connectivity index (χ4n) is 3.46. The summed E-state index contributed by atoms with van der Waals surface area (Å²) in [5.41, 5.74) is 4.44. The number of hydrogen-bond donors (Lipinski definition) is 2. The molecule has 3 rings (SSSR count). The fourth-order valence-corrected chi connectivity index (χ4v) is 4.64. The number of hydrogen-bond acceptors (Lipinski definition) is 7. The van der Waals surface area contributed by atoms with Gasteiger partial charge in [-0.3, -0.25) is 5.32 Å². The van der Waals surface area contributed by atoms with Crippen LogP contribution in [0.4, 0.5) is 23.7 Å². The second-order valence-electron chi connectivity index (χ2n) is 8.12. The van der Waals surface area contributed by atoms with Gasteiger partial charge in [0.2, 0.25) is 0 Å². The van der Waals surface area contributed by atoms with Gasteiger partial charge in [-0.25, -0.2) is 9.79 Å². The lowest BCUT2D eigenvalue weighted by atomic mass is 9.76. The van der Waals surface area contributed by atoms with E-state index in [1.54, 1.807) is 20.8 Å². The molecule has 0 aromatic heterocycles. The number of thioether (sulfide) groups is 1. The maximum Gasteiger partial charge on any atom is 0.573 e. The van der Waals surface area contributed by atoms with E-state index in [1.165, 1.54) is 30.0 Å². The van der Waals surface area contributed by atoms with E-state index in [2.05, 4.69) is 15.0 Å². The zero-order chi connectivity index (χ0) is 22.2. The number of amidine groups is 1. The standard InChI is InChI=1S/C19H24F3N3O4S/c1-17(2,3)29-16(26)24-15-25-18(10-27-7-6-11(18)9-30-15)13-8-12(23)4-5-14(13)28-19(20,21)22/h4-5,8,11H,6-7,9-10,23H2,1-3H3,(H,24,25,26)/t11-,18-/m0/s1. The number of nitrogen functional groups attached to an aromatic ring is 1. The van der Waals surface area contributed by atoms with Crippen molar-refractivity contribution in [2.24, 2.45) is 10.9 Å². The molecule has 11 heteroatoms. The Morgan fingerprint density at radius 1 is 1.37 bits per heavy atom. The van der Waals surface area contributed by atoms with Crippen LogP contribution in [0.3, 0.4) is 0 Å². The molecule has 0 unspecified atom stereocenters. The Morgan fingerprint density at radius 3 is 2.77 bits per heavy atom. The van der Waals surface area contributed by atoms with E-state index in [0.717, 1.165) is 0 Å². The van der Waals surface area contributed by atoms with Gasteiger partial charge in [-0.05, 0) is 45.4 Å². The van der Waals surface area contributed by atoms with Crippen LogP contribution >= 0.6 is 11.8 Å². The summed E-state index contributed by atoms with van der Waals surface area (Å²) >= 11 is 1.31. The van der Waals surface area contributed by atoms with Gasteiger partial charge in [0.25, 0.3) is 0 Å². The Balaban J connectivity index is 2.02. The summed E-state index contributed by atoms with van der Waals surface area (Å²) in [5.74, 6) is 0.00964. The molecule has 0 aliphatic carbocycles. The highest BCUT2D eigenvalue weighted by Crippen LogP contribution is 2.48. The van der Waals surface area contributed by atoms with Crippen molar-refractivity contribution in [3.05, 3.63) is 23.8 Å². The molecule has 2 heterocycles. The molecule has 0 bridgehead atoms. The highest BCUT2D eigenvalue weighted by molar-refractivity contribution is 8.13. The van der Waals surface area contributed by atoms with Crippen molar-refractivity contribution in [2.75, 3.05) is 24.7 Å². The first-order chi connectivity index (χ1) is 13.9. The van der Waals surface area contributed by atoms with Crippen LogP contribution in [-0.4, -0.2) is 42.2 Å². The number of amides is 1. The van der Waals surface area contributed by atoms with Crippen LogP contribution in [0.5, 0.6) is 5.75 Å². The second-order valence-corrected chi connectivity index (χ2v) is 9.13. The number of nitrogens with zero attached hydrogens (tertiary/aromatic N) is 1. The number of aliphatic imine (C=N–C) groups is 1. The van der Waals surface area contributed by atoms with Crippen LogP contribution in [0.2, 0.25) is 0 Å². The molecule has 2 atom stereocenters. The summed E-state index contributed by atoms with van der Waals surface area (Å²) in [6, 6.07) is 3.94. The van der Waals surface area contributed by atoms with Crippen molar-refractivity contribution in [3.63, 3.8) is 0 Å². The molecule has 1 aromatic carbocycles. The summed E-state index contributed by atoms with van der Waals surface area (Å²) in [7, 11) is 0. The molecule has 2 aliphatic rings. The number of nitrogens with two attached hydrogens (primary N) is 1. The number of rotatable bonds is 2. The maximum atomic E-state index is 13.0. The van der Waals surface area contributed by atoms with Crippen LogP contribution in [0.15, 0.2) is 23.2 Å². The van der Waals surface area contributed by atoms with Gasteiger partial charge in [-0.15, -0.1) is 13.2 Å². The van der Waals surface area contributed by atoms with Crippen molar-refractivity contribution in [1.82, 2.24) is 5.32 Å². The Bertz CT molecular complexity index is 841. The fraction of sp³-hybridized carbons (Fsp3) is 0.579. The third kappa shape index (κ3) is 5.31. The largest absolute Gasteiger partial charge is 0.573 e. The number of nitrogens with one attached hydrogen (secondary N) is 1. The zero-order valence-corrected chi connectivity index (χ0v) is 17.7. The summed E-state index contributed by atoms with van der Waals surface area (Å²) < 4.78 is 54.2. The summed E-state index contributed by atoms with van der Waals surface area (Å²) in [4.78, 5) is 16.8. The third-order valence-electron chi connectivity index (χ3n) is 4.63.